The van der Waals surface area contributed by atoms with Crippen LogP contribution in [-0.4, -0.2) is 63.7 Å². The van der Waals surface area contributed by atoms with E-state index in [1.54, 1.807) is 0 Å². The second-order valence-corrected chi connectivity index (χ2v) is 7.53. The molecule has 2 aliphatic rings. The van der Waals surface area contributed by atoms with Gasteiger partial charge in [0, 0.05) is 18.2 Å². The third-order valence-corrected chi connectivity index (χ3v) is 5.66. The number of nitrogens with one attached hydrogen (secondary N) is 1. The number of carbonyl (C=O) groups excluding carboxylic acids is 3. The van der Waals surface area contributed by atoms with Gasteiger partial charge in [-0.2, -0.15) is 0 Å². The van der Waals surface area contributed by atoms with Crippen LogP contribution in [0.15, 0.2) is 46.8 Å². The molecule has 1 aromatic rings. The minimum Gasteiger partial charge on any atom is -0.477 e. The fourth-order valence-corrected chi connectivity index (χ4v) is 4.27. The lowest BCUT2D eigenvalue weighted by Crippen LogP contribution is -2.70. The summed E-state index contributed by atoms with van der Waals surface area (Å²) in [6.07, 6.45) is 0.923. The van der Waals surface area contributed by atoms with Crippen LogP contribution in [0.1, 0.15) is 12.5 Å². The Kier molecular flexibility index (Phi) is 6.72. The van der Waals surface area contributed by atoms with E-state index in [-0.39, 0.29) is 24.7 Å². The van der Waals surface area contributed by atoms with Crippen LogP contribution in [0, 0.1) is 0 Å². The van der Waals surface area contributed by atoms with Crippen molar-refractivity contribution >= 4 is 41.7 Å². The van der Waals surface area contributed by atoms with E-state index >= 15 is 0 Å². The van der Waals surface area contributed by atoms with Crippen molar-refractivity contribution in [3.8, 4) is 0 Å². The van der Waals surface area contributed by atoms with Crippen molar-refractivity contribution in [2.75, 3.05) is 12.4 Å². The van der Waals surface area contributed by atoms with E-state index in [0.29, 0.717) is 5.57 Å². The van der Waals surface area contributed by atoms with Crippen molar-refractivity contribution in [2.45, 2.75) is 24.9 Å². The van der Waals surface area contributed by atoms with Gasteiger partial charge in [0.05, 0.1) is 0 Å². The summed E-state index contributed by atoms with van der Waals surface area (Å²) in [6, 6.07) is 8.38. The van der Waals surface area contributed by atoms with E-state index in [0.717, 1.165) is 16.7 Å². The Hall–Kier alpha value is -3.34. The maximum atomic E-state index is 12.5. The number of nitrogens with zero attached hydrogens (tertiary/aromatic N) is 2. The molecule has 0 spiro atoms. The van der Waals surface area contributed by atoms with E-state index in [2.05, 4.69) is 10.5 Å². The molecule has 10 nitrogen and oxygen atoms in total. The van der Waals surface area contributed by atoms with Gasteiger partial charge < -0.3 is 20.0 Å². The van der Waals surface area contributed by atoms with Crippen molar-refractivity contribution in [3.63, 3.8) is 0 Å². The second kappa shape index (κ2) is 9.44. The highest BCUT2D eigenvalue weighted by Gasteiger charge is 2.54. The SMILES string of the molecule is CC(=O)OCC1=C(C(=O)O)N2C(=O)[C@@H](NC(=O)/C=N/OCc3ccccc3)[C@H]2SC1. The number of carbonyl (C=O) groups is 4. The number of β-lactam (4-membered cyclic amide) rings is 1. The van der Waals surface area contributed by atoms with Crippen LogP contribution in [0.3, 0.4) is 0 Å². The lowest BCUT2D eigenvalue weighted by molar-refractivity contribution is -0.150. The fraction of sp³-hybridized carbons (Fsp3) is 0.316. The number of carboxylic acids is 1. The molecule has 2 N–H and O–H groups in total. The van der Waals surface area contributed by atoms with E-state index in [1.807, 2.05) is 30.3 Å². The molecular formula is C19H19N3O7S. The van der Waals surface area contributed by atoms with Crippen LogP contribution in [-0.2, 0) is 35.4 Å². The number of aliphatic carboxylic acids is 1. The van der Waals surface area contributed by atoms with Gasteiger partial charge in [-0.3, -0.25) is 19.3 Å². The molecule has 11 heteroatoms. The summed E-state index contributed by atoms with van der Waals surface area (Å²) in [5.74, 6) is -2.78. The van der Waals surface area contributed by atoms with Crippen LogP contribution < -0.4 is 5.32 Å². The highest BCUT2D eigenvalue weighted by molar-refractivity contribution is 8.00. The van der Waals surface area contributed by atoms with Crippen molar-refractivity contribution in [1.29, 1.82) is 0 Å². The molecule has 0 aromatic heterocycles. The number of benzene rings is 1. The molecule has 158 valence electrons. The Morgan fingerprint density at radius 1 is 1.30 bits per heavy atom. The first-order valence-electron chi connectivity index (χ1n) is 8.91. The predicted molar refractivity (Wildman–Crippen MR) is 106 cm³/mol. The van der Waals surface area contributed by atoms with Gasteiger partial charge in [-0.05, 0) is 5.56 Å². The number of fused-ring (bicyclic) bond motifs is 1. The molecule has 0 aliphatic carbocycles. The molecule has 3 rings (SSSR count). The second-order valence-electron chi connectivity index (χ2n) is 6.43. The van der Waals surface area contributed by atoms with Gasteiger partial charge in [-0.25, -0.2) is 4.79 Å². The number of hydrogen-bond donors (Lipinski definition) is 2. The van der Waals surface area contributed by atoms with Gasteiger partial charge in [0.25, 0.3) is 11.8 Å². The van der Waals surface area contributed by atoms with Gasteiger partial charge in [-0.1, -0.05) is 35.5 Å². The molecule has 0 bridgehead atoms. The molecule has 2 atom stereocenters. The molecule has 0 saturated carbocycles. The highest BCUT2D eigenvalue weighted by atomic mass is 32.2. The Morgan fingerprint density at radius 2 is 2.03 bits per heavy atom. The number of amides is 2. The normalized spacial score (nSPS) is 20.4. The van der Waals surface area contributed by atoms with Crippen LogP contribution in [0.4, 0.5) is 0 Å². The maximum Gasteiger partial charge on any atom is 0.352 e. The predicted octanol–water partition coefficient (Wildman–Crippen LogP) is 0.491. The summed E-state index contributed by atoms with van der Waals surface area (Å²) in [7, 11) is 0. The zero-order valence-corrected chi connectivity index (χ0v) is 16.8. The fourth-order valence-electron chi connectivity index (χ4n) is 2.94. The number of rotatable bonds is 8. The molecule has 1 aromatic carbocycles. The largest absolute Gasteiger partial charge is 0.477 e. The van der Waals surface area contributed by atoms with E-state index in [9.17, 15) is 24.3 Å². The van der Waals surface area contributed by atoms with Crippen molar-refractivity contribution in [1.82, 2.24) is 10.2 Å². The number of hydrogen-bond acceptors (Lipinski definition) is 8. The summed E-state index contributed by atoms with van der Waals surface area (Å²) >= 11 is 1.28. The van der Waals surface area contributed by atoms with Gasteiger partial charge >= 0.3 is 11.9 Å². The first kappa shape index (κ1) is 21.4. The van der Waals surface area contributed by atoms with E-state index in [1.165, 1.54) is 18.7 Å². The number of carboxylic acid groups (broad SMARTS) is 1. The molecule has 0 unspecified atom stereocenters. The maximum absolute atomic E-state index is 12.5. The van der Waals surface area contributed by atoms with Gasteiger partial charge in [0.2, 0.25) is 0 Å². The van der Waals surface area contributed by atoms with Crippen LogP contribution >= 0.6 is 11.8 Å². The molecule has 2 amide bonds. The zero-order chi connectivity index (χ0) is 21.7. The molecule has 1 saturated heterocycles. The Balaban J connectivity index is 1.56. The monoisotopic (exact) mass is 433 g/mol. The minimum absolute atomic E-state index is 0.192. The third-order valence-electron chi connectivity index (χ3n) is 4.32. The standard InChI is InChI=1S/C19H19N3O7S/c1-11(23)28-9-13-10-30-18-15(17(25)22(18)16(13)19(26)27)21-14(24)7-20-29-8-12-5-3-2-4-6-12/h2-7,15,18H,8-10H2,1H3,(H,21,24)(H,26,27)/b20-7+/t15-,18-/m1/s1. The van der Waals surface area contributed by atoms with E-state index < -0.39 is 35.2 Å². The van der Waals surface area contributed by atoms with Crippen molar-refractivity contribution in [3.05, 3.63) is 47.2 Å². The first-order valence-corrected chi connectivity index (χ1v) is 9.96. The first-order chi connectivity index (χ1) is 14.4. The zero-order valence-electron chi connectivity index (χ0n) is 15.9. The molecular weight excluding hydrogens is 414 g/mol. The van der Waals surface area contributed by atoms with Crippen LogP contribution in [0.25, 0.3) is 0 Å². The number of esters is 1. The average Bonchev–Trinajstić information content (AvgIpc) is 2.73. The quantitative estimate of drug-likeness (QED) is 0.262. The number of thioether (sulfide) groups is 1. The Morgan fingerprint density at radius 3 is 2.70 bits per heavy atom. The minimum atomic E-state index is -1.29. The lowest BCUT2D eigenvalue weighted by atomic mass is 10.0. The molecule has 0 radical (unpaired) electrons. The van der Waals surface area contributed by atoms with Crippen molar-refractivity contribution in [2.24, 2.45) is 5.16 Å². The summed E-state index contributed by atoms with van der Waals surface area (Å²) < 4.78 is 4.87. The summed E-state index contributed by atoms with van der Waals surface area (Å²) in [5, 5.41) is 15.0. The van der Waals surface area contributed by atoms with Crippen LogP contribution in [0.2, 0.25) is 0 Å². The number of oxime groups is 1. The summed E-state index contributed by atoms with van der Waals surface area (Å²) in [6.45, 7) is 1.20. The Bertz CT molecular complexity index is 916. The molecule has 1 fully saturated rings. The summed E-state index contributed by atoms with van der Waals surface area (Å²) in [5.41, 5.74) is 0.999. The highest BCUT2D eigenvalue weighted by Crippen LogP contribution is 2.40. The topological polar surface area (TPSA) is 135 Å². The molecule has 30 heavy (non-hydrogen) atoms. The van der Waals surface area contributed by atoms with Gasteiger partial charge in [0.1, 0.15) is 36.5 Å². The molecule has 2 aliphatic heterocycles. The summed E-state index contributed by atoms with van der Waals surface area (Å²) in [4.78, 5) is 53.3. The Labute approximate surface area is 175 Å². The third kappa shape index (κ3) is 4.79. The lowest BCUT2D eigenvalue weighted by Gasteiger charge is -2.49. The van der Waals surface area contributed by atoms with Crippen LogP contribution in [0.5, 0.6) is 0 Å². The van der Waals surface area contributed by atoms with Gasteiger partial charge in [0.15, 0.2) is 0 Å². The smallest absolute Gasteiger partial charge is 0.352 e. The van der Waals surface area contributed by atoms with Gasteiger partial charge in [-0.15, -0.1) is 11.8 Å². The average molecular weight is 433 g/mol. The number of ether oxygens (including phenoxy) is 1. The van der Waals surface area contributed by atoms with E-state index in [4.69, 9.17) is 9.57 Å². The van der Waals surface area contributed by atoms with Crippen molar-refractivity contribution < 1.29 is 33.9 Å². The molecule has 2 heterocycles.